The second-order valence-electron chi connectivity index (χ2n) is 6.19. The summed E-state index contributed by atoms with van der Waals surface area (Å²) in [7, 11) is 4.42. The Hall–Kier alpha value is -0.650. The van der Waals surface area contributed by atoms with E-state index in [-0.39, 0.29) is 0 Å². The second kappa shape index (κ2) is 8.11. The summed E-state index contributed by atoms with van der Waals surface area (Å²) in [5, 5.41) is 4.64. The van der Waals surface area contributed by atoms with Crippen LogP contribution < -0.4 is 10.2 Å². The fraction of sp³-hybridized carbons (Fsp3) is 0.812. The van der Waals surface area contributed by atoms with Crippen molar-refractivity contribution < 1.29 is 0 Å². The van der Waals surface area contributed by atoms with Crippen molar-refractivity contribution in [2.45, 2.75) is 39.7 Å². The van der Waals surface area contributed by atoms with Gasteiger partial charge in [-0.05, 0) is 38.9 Å². The van der Waals surface area contributed by atoms with Gasteiger partial charge in [0.05, 0.1) is 5.69 Å². The highest BCUT2D eigenvalue weighted by molar-refractivity contribution is 7.15. The highest BCUT2D eigenvalue weighted by atomic mass is 32.1. The maximum Gasteiger partial charge on any atom is 0.185 e. The average Bonchev–Trinajstić information content (AvgIpc) is 3.04. The van der Waals surface area contributed by atoms with Gasteiger partial charge in [0.2, 0.25) is 0 Å². The van der Waals surface area contributed by atoms with Crippen molar-refractivity contribution >= 4 is 16.5 Å². The summed E-state index contributed by atoms with van der Waals surface area (Å²) in [4.78, 5) is 11.1. The monoisotopic (exact) mass is 310 g/mol. The first kappa shape index (κ1) is 16.7. The van der Waals surface area contributed by atoms with Gasteiger partial charge in [-0.15, -0.1) is 11.3 Å². The molecular weight excluding hydrogens is 280 g/mol. The predicted octanol–water partition coefficient (Wildman–Crippen LogP) is 2.59. The van der Waals surface area contributed by atoms with E-state index in [1.54, 1.807) is 0 Å². The zero-order valence-corrected chi connectivity index (χ0v) is 14.8. The molecule has 1 N–H and O–H groups in total. The van der Waals surface area contributed by atoms with E-state index in [0.717, 1.165) is 32.0 Å². The number of nitrogens with zero attached hydrogens (tertiary/aromatic N) is 3. The Morgan fingerprint density at radius 3 is 2.86 bits per heavy atom. The van der Waals surface area contributed by atoms with Gasteiger partial charge in [-0.2, -0.15) is 0 Å². The Labute approximate surface area is 133 Å². The standard InChI is InChI=1S/C16H30N4S/c1-5-7-14-15(10-17-6-2)21-16(18-14)20(4)12-13-8-9-19(3)11-13/h13,17H,5-12H2,1-4H3. The van der Waals surface area contributed by atoms with Crippen LogP contribution in [0.4, 0.5) is 5.13 Å². The van der Waals surface area contributed by atoms with E-state index in [9.17, 15) is 0 Å². The molecule has 4 nitrogen and oxygen atoms in total. The van der Waals surface area contributed by atoms with Crippen LogP contribution in [0.5, 0.6) is 0 Å². The topological polar surface area (TPSA) is 31.4 Å². The van der Waals surface area contributed by atoms with Crippen molar-refractivity contribution in [1.29, 1.82) is 0 Å². The van der Waals surface area contributed by atoms with Gasteiger partial charge in [0, 0.05) is 31.6 Å². The van der Waals surface area contributed by atoms with Crippen LogP contribution >= 0.6 is 11.3 Å². The van der Waals surface area contributed by atoms with Crippen molar-refractivity contribution in [3.63, 3.8) is 0 Å². The summed E-state index contributed by atoms with van der Waals surface area (Å²) in [5.41, 5.74) is 1.30. The van der Waals surface area contributed by atoms with E-state index in [1.165, 1.54) is 41.6 Å². The molecule has 1 aliphatic heterocycles. The van der Waals surface area contributed by atoms with Gasteiger partial charge in [-0.25, -0.2) is 4.98 Å². The third kappa shape index (κ3) is 4.66. The van der Waals surface area contributed by atoms with Crippen LogP contribution in [0.3, 0.4) is 0 Å². The number of hydrogen-bond acceptors (Lipinski definition) is 5. The Morgan fingerprint density at radius 1 is 1.43 bits per heavy atom. The average molecular weight is 311 g/mol. The van der Waals surface area contributed by atoms with Crippen molar-refractivity contribution in [2.24, 2.45) is 5.92 Å². The quantitative estimate of drug-likeness (QED) is 0.800. The van der Waals surface area contributed by atoms with E-state index in [2.05, 4.69) is 43.1 Å². The van der Waals surface area contributed by atoms with Gasteiger partial charge in [-0.1, -0.05) is 20.3 Å². The number of aromatic nitrogens is 1. The first-order valence-electron chi connectivity index (χ1n) is 8.23. The highest BCUT2D eigenvalue weighted by Gasteiger charge is 2.22. The Kier molecular flexibility index (Phi) is 6.45. The number of rotatable bonds is 8. The van der Waals surface area contributed by atoms with Gasteiger partial charge in [0.25, 0.3) is 0 Å². The summed E-state index contributed by atoms with van der Waals surface area (Å²) in [6.45, 7) is 9.96. The minimum Gasteiger partial charge on any atom is -0.351 e. The van der Waals surface area contributed by atoms with Crippen molar-refractivity contribution in [3.8, 4) is 0 Å². The molecule has 1 unspecified atom stereocenters. The number of thiazole rings is 1. The molecule has 0 spiro atoms. The lowest BCUT2D eigenvalue weighted by Gasteiger charge is -2.20. The second-order valence-corrected chi connectivity index (χ2v) is 7.26. The predicted molar refractivity (Wildman–Crippen MR) is 92.4 cm³/mol. The number of nitrogens with one attached hydrogen (secondary N) is 1. The van der Waals surface area contributed by atoms with Crippen LogP contribution in [0, 0.1) is 5.92 Å². The van der Waals surface area contributed by atoms with Crippen molar-refractivity contribution in [1.82, 2.24) is 15.2 Å². The number of likely N-dealkylation sites (tertiary alicyclic amines) is 1. The molecule has 0 saturated carbocycles. The molecule has 0 aliphatic carbocycles. The maximum atomic E-state index is 4.90. The van der Waals surface area contributed by atoms with Gasteiger partial charge in [0.15, 0.2) is 5.13 Å². The molecular formula is C16H30N4S. The number of hydrogen-bond donors (Lipinski definition) is 1. The number of anilines is 1. The van der Waals surface area contributed by atoms with E-state index in [1.807, 2.05) is 11.3 Å². The molecule has 1 saturated heterocycles. The molecule has 0 aromatic carbocycles. The Morgan fingerprint density at radius 2 is 2.24 bits per heavy atom. The lowest BCUT2D eigenvalue weighted by atomic mass is 10.1. The minimum absolute atomic E-state index is 0.788. The van der Waals surface area contributed by atoms with E-state index in [0.29, 0.717) is 0 Å². The fourth-order valence-corrected chi connectivity index (χ4v) is 4.03. The zero-order valence-electron chi connectivity index (χ0n) is 14.0. The van der Waals surface area contributed by atoms with Crippen molar-refractivity contribution in [2.75, 3.05) is 45.2 Å². The molecule has 0 amide bonds. The number of aryl methyl sites for hydroxylation is 1. The summed E-state index contributed by atoms with van der Waals surface area (Å²) in [6, 6.07) is 0. The SMILES string of the molecule is CCCc1nc(N(C)CC2CCN(C)C2)sc1CNCC. The van der Waals surface area contributed by atoms with Crippen LogP contribution in [0.25, 0.3) is 0 Å². The largest absolute Gasteiger partial charge is 0.351 e. The molecule has 120 valence electrons. The van der Waals surface area contributed by atoms with Crippen LogP contribution in [0.15, 0.2) is 0 Å². The van der Waals surface area contributed by atoms with Crippen molar-refractivity contribution in [3.05, 3.63) is 10.6 Å². The van der Waals surface area contributed by atoms with E-state index < -0.39 is 0 Å². The highest BCUT2D eigenvalue weighted by Crippen LogP contribution is 2.28. The lowest BCUT2D eigenvalue weighted by molar-refractivity contribution is 0.396. The lowest BCUT2D eigenvalue weighted by Crippen LogP contribution is -2.27. The molecule has 21 heavy (non-hydrogen) atoms. The van der Waals surface area contributed by atoms with Crippen LogP contribution in [0.1, 0.15) is 37.3 Å². The molecule has 5 heteroatoms. The molecule has 1 aromatic rings. The first-order valence-corrected chi connectivity index (χ1v) is 9.04. The molecule has 2 heterocycles. The summed E-state index contributed by atoms with van der Waals surface area (Å²) in [5.74, 6) is 0.788. The molecule has 1 fully saturated rings. The molecule has 1 atom stereocenters. The smallest absolute Gasteiger partial charge is 0.185 e. The summed E-state index contributed by atoms with van der Waals surface area (Å²) >= 11 is 1.87. The van der Waals surface area contributed by atoms with E-state index in [4.69, 9.17) is 4.98 Å². The maximum absolute atomic E-state index is 4.90. The Balaban J connectivity index is 2.00. The van der Waals surface area contributed by atoms with Gasteiger partial charge in [0.1, 0.15) is 0 Å². The molecule has 1 aliphatic rings. The normalized spacial score (nSPS) is 19.3. The Bertz CT molecular complexity index is 432. The van der Waals surface area contributed by atoms with Crippen LogP contribution in [-0.2, 0) is 13.0 Å². The molecule has 0 radical (unpaired) electrons. The molecule has 1 aromatic heterocycles. The fourth-order valence-electron chi connectivity index (χ4n) is 2.98. The zero-order chi connectivity index (χ0) is 15.2. The van der Waals surface area contributed by atoms with E-state index >= 15 is 0 Å². The third-order valence-corrected chi connectivity index (χ3v) is 5.35. The molecule has 2 rings (SSSR count). The third-order valence-electron chi connectivity index (χ3n) is 4.14. The van der Waals surface area contributed by atoms with Crippen LogP contribution in [0.2, 0.25) is 0 Å². The van der Waals surface area contributed by atoms with Crippen LogP contribution in [-0.4, -0.2) is 50.2 Å². The van der Waals surface area contributed by atoms with Gasteiger partial charge in [-0.3, -0.25) is 0 Å². The first-order chi connectivity index (χ1) is 10.1. The van der Waals surface area contributed by atoms with Gasteiger partial charge < -0.3 is 15.1 Å². The molecule has 0 bridgehead atoms. The summed E-state index contributed by atoms with van der Waals surface area (Å²) < 4.78 is 0. The summed E-state index contributed by atoms with van der Waals surface area (Å²) in [6.07, 6.45) is 3.58. The minimum atomic E-state index is 0.788. The van der Waals surface area contributed by atoms with Gasteiger partial charge >= 0.3 is 0 Å².